The molecule has 0 atom stereocenters. The van der Waals surface area contributed by atoms with Crippen molar-refractivity contribution in [3.63, 3.8) is 0 Å². The van der Waals surface area contributed by atoms with Crippen molar-refractivity contribution in [2.24, 2.45) is 0 Å². The number of Topliss-reactive ketones (excluding diaryl/α,β-unsaturated/α-hetero) is 1. The number of rotatable bonds is 4. The molecule has 0 bridgehead atoms. The standard InChI is InChI=1S/C22H24ClNO3/c1-22(2)13-16-12-20(27-5)19(26-4)11-15(16)10-18(24(22)3)21(25)14-6-8-17(23)9-7-14/h6-12H,13H2,1-5H3. The van der Waals surface area contributed by atoms with Crippen LogP contribution in [0.5, 0.6) is 11.5 Å². The van der Waals surface area contributed by atoms with Gasteiger partial charge in [-0.15, -0.1) is 0 Å². The molecule has 0 aliphatic carbocycles. The van der Waals surface area contributed by atoms with Gasteiger partial charge >= 0.3 is 0 Å². The van der Waals surface area contributed by atoms with Gasteiger partial charge in [0.25, 0.3) is 0 Å². The Bertz CT molecular complexity index is 901. The van der Waals surface area contributed by atoms with Gasteiger partial charge in [-0.3, -0.25) is 4.79 Å². The Hall–Kier alpha value is -2.46. The zero-order valence-electron chi connectivity index (χ0n) is 16.3. The van der Waals surface area contributed by atoms with Crippen molar-refractivity contribution in [2.45, 2.75) is 25.8 Å². The monoisotopic (exact) mass is 385 g/mol. The molecule has 0 saturated heterocycles. The molecule has 0 N–H and O–H groups in total. The van der Waals surface area contributed by atoms with E-state index in [9.17, 15) is 4.79 Å². The molecule has 0 saturated carbocycles. The third kappa shape index (κ3) is 3.67. The molecular formula is C22H24ClNO3. The predicted molar refractivity (Wildman–Crippen MR) is 109 cm³/mol. The van der Waals surface area contributed by atoms with E-state index in [1.807, 2.05) is 30.2 Å². The number of hydrogen-bond acceptors (Lipinski definition) is 4. The molecule has 0 spiro atoms. The number of fused-ring (bicyclic) bond motifs is 1. The van der Waals surface area contributed by atoms with E-state index in [4.69, 9.17) is 21.1 Å². The number of carbonyl (C=O) groups is 1. The van der Waals surface area contributed by atoms with Gasteiger partial charge in [-0.1, -0.05) is 11.6 Å². The normalized spacial score (nSPS) is 15.5. The number of ketones is 1. The fourth-order valence-corrected chi connectivity index (χ4v) is 3.47. The van der Waals surface area contributed by atoms with E-state index in [2.05, 4.69) is 13.8 Å². The molecule has 27 heavy (non-hydrogen) atoms. The molecule has 1 aliphatic heterocycles. The van der Waals surface area contributed by atoms with E-state index in [1.165, 1.54) is 0 Å². The third-order valence-electron chi connectivity index (χ3n) is 5.17. The Balaban J connectivity index is 2.15. The molecule has 0 radical (unpaired) electrons. The Morgan fingerprint density at radius 3 is 2.26 bits per heavy atom. The van der Waals surface area contributed by atoms with Crippen LogP contribution in [0.15, 0.2) is 42.1 Å². The lowest BCUT2D eigenvalue weighted by atomic mass is 9.92. The smallest absolute Gasteiger partial charge is 0.209 e. The van der Waals surface area contributed by atoms with Gasteiger partial charge in [-0.05, 0) is 73.9 Å². The summed E-state index contributed by atoms with van der Waals surface area (Å²) < 4.78 is 10.9. The summed E-state index contributed by atoms with van der Waals surface area (Å²) >= 11 is 5.97. The Morgan fingerprint density at radius 2 is 1.67 bits per heavy atom. The van der Waals surface area contributed by atoms with Gasteiger partial charge in [0.2, 0.25) is 5.78 Å². The van der Waals surface area contributed by atoms with Gasteiger partial charge in [0, 0.05) is 23.2 Å². The van der Waals surface area contributed by atoms with Crippen molar-refractivity contribution in [2.75, 3.05) is 21.3 Å². The average Bonchev–Trinajstić information content (AvgIpc) is 2.74. The van der Waals surface area contributed by atoms with Gasteiger partial charge in [-0.25, -0.2) is 0 Å². The maximum absolute atomic E-state index is 13.2. The quantitative estimate of drug-likeness (QED) is 0.705. The zero-order valence-corrected chi connectivity index (χ0v) is 17.1. The Labute approximate surface area is 165 Å². The molecule has 2 aromatic rings. The predicted octanol–water partition coefficient (Wildman–Crippen LogP) is 4.85. The molecule has 1 aliphatic rings. The van der Waals surface area contributed by atoms with Crippen molar-refractivity contribution in [1.29, 1.82) is 0 Å². The van der Waals surface area contributed by atoms with Crippen molar-refractivity contribution < 1.29 is 14.3 Å². The lowest BCUT2D eigenvalue weighted by Crippen LogP contribution is -2.43. The number of halogens is 1. The number of hydrogen-bond donors (Lipinski definition) is 0. The van der Waals surface area contributed by atoms with Gasteiger partial charge in [0.05, 0.1) is 19.9 Å². The van der Waals surface area contributed by atoms with Crippen LogP contribution in [0.1, 0.15) is 35.3 Å². The van der Waals surface area contributed by atoms with Crippen LogP contribution in [0.2, 0.25) is 5.02 Å². The Kier molecular flexibility index (Phi) is 5.20. The van der Waals surface area contributed by atoms with Crippen molar-refractivity contribution in [3.8, 4) is 11.5 Å². The SMILES string of the molecule is COc1cc2c(cc1OC)CC(C)(C)N(C)C(C(=O)c1ccc(Cl)cc1)=C2. The summed E-state index contributed by atoms with van der Waals surface area (Å²) in [5.74, 6) is 1.30. The van der Waals surface area contributed by atoms with E-state index in [0.717, 1.165) is 17.5 Å². The van der Waals surface area contributed by atoms with Crippen LogP contribution in [0.25, 0.3) is 6.08 Å². The topological polar surface area (TPSA) is 38.8 Å². The first-order chi connectivity index (χ1) is 12.8. The fraction of sp³-hybridized carbons (Fsp3) is 0.318. The first-order valence-electron chi connectivity index (χ1n) is 8.77. The van der Waals surface area contributed by atoms with Crippen LogP contribution in [-0.4, -0.2) is 37.5 Å². The molecular weight excluding hydrogens is 362 g/mol. The summed E-state index contributed by atoms with van der Waals surface area (Å²) in [6.45, 7) is 4.25. The molecule has 4 nitrogen and oxygen atoms in total. The summed E-state index contributed by atoms with van der Waals surface area (Å²) in [5.41, 5.74) is 3.06. The fourth-order valence-electron chi connectivity index (χ4n) is 3.35. The average molecular weight is 386 g/mol. The van der Waals surface area contributed by atoms with Crippen LogP contribution in [0.4, 0.5) is 0 Å². The lowest BCUT2D eigenvalue weighted by Gasteiger charge is -2.37. The van der Waals surface area contributed by atoms with Crippen LogP contribution >= 0.6 is 11.6 Å². The molecule has 0 amide bonds. The van der Waals surface area contributed by atoms with Crippen LogP contribution in [0.3, 0.4) is 0 Å². The van der Waals surface area contributed by atoms with Crippen molar-refractivity contribution in [3.05, 3.63) is 63.8 Å². The highest BCUT2D eigenvalue weighted by Crippen LogP contribution is 2.37. The van der Waals surface area contributed by atoms with Gasteiger partial charge in [-0.2, -0.15) is 0 Å². The number of carbonyl (C=O) groups excluding carboxylic acids is 1. The number of benzene rings is 2. The Morgan fingerprint density at radius 1 is 1.07 bits per heavy atom. The van der Waals surface area contributed by atoms with E-state index in [1.54, 1.807) is 38.5 Å². The van der Waals surface area contributed by atoms with Gasteiger partial charge in [0.1, 0.15) is 0 Å². The minimum Gasteiger partial charge on any atom is -0.493 e. The second-order valence-corrected chi connectivity index (χ2v) is 7.76. The van der Waals surface area contributed by atoms with Crippen LogP contribution in [0, 0.1) is 0 Å². The minimum atomic E-state index is -0.251. The maximum Gasteiger partial charge on any atom is 0.209 e. The van der Waals surface area contributed by atoms with Gasteiger partial charge in [0.15, 0.2) is 11.5 Å². The molecule has 0 unspecified atom stereocenters. The lowest BCUT2D eigenvalue weighted by molar-refractivity contribution is 0.0958. The van der Waals surface area contributed by atoms with E-state index < -0.39 is 0 Å². The van der Waals surface area contributed by atoms with E-state index >= 15 is 0 Å². The maximum atomic E-state index is 13.2. The molecule has 2 aromatic carbocycles. The van der Waals surface area contributed by atoms with Crippen LogP contribution in [-0.2, 0) is 6.42 Å². The minimum absolute atomic E-state index is 0.0372. The summed E-state index contributed by atoms with van der Waals surface area (Å²) in [6.07, 6.45) is 2.70. The molecule has 0 fully saturated rings. The van der Waals surface area contributed by atoms with Gasteiger partial charge < -0.3 is 14.4 Å². The second-order valence-electron chi connectivity index (χ2n) is 7.32. The summed E-state index contributed by atoms with van der Waals surface area (Å²) in [4.78, 5) is 15.3. The molecule has 142 valence electrons. The summed E-state index contributed by atoms with van der Waals surface area (Å²) in [5, 5.41) is 0.609. The number of methoxy groups -OCH3 is 2. The highest BCUT2D eigenvalue weighted by molar-refractivity contribution is 6.30. The molecule has 0 aromatic heterocycles. The first kappa shape index (κ1) is 19.3. The second kappa shape index (κ2) is 7.28. The number of ether oxygens (including phenoxy) is 2. The first-order valence-corrected chi connectivity index (χ1v) is 9.15. The van der Waals surface area contributed by atoms with Crippen molar-refractivity contribution >= 4 is 23.5 Å². The zero-order chi connectivity index (χ0) is 19.8. The van der Waals surface area contributed by atoms with Crippen molar-refractivity contribution in [1.82, 2.24) is 4.90 Å². The van der Waals surface area contributed by atoms with Crippen LogP contribution < -0.4 is 9.47 Å². The third-order valence-corrected chi connectivity index (χ3v) is 5.42. The highest BCUT2D eigenvalue weighted by atomic mass is 35.5. The van der Waals surface area contributed by atoms with E-state index in [0.29, 0.717) is 27.8 Å². The summed E-state index contributed by atoms with van der Waals surface area (Å²) in [7, 11) is 5.20. The number of allylic oxidation sites excluding steroid dienone is 1. The summed E-state index contributed by atoms with van der Waals surface area (Å²) in [6, 6.07) is 10.9. The highest BCUT2D eigenvalue weighted by Gasteiger charge is 2.33. The number of likely N-dealkylation sites (N-methyl/N-ethyl adjacent to an activating group) is 1. The number of nitrogens with zero attached hydrogens (tertiary/aromatic N) is 1. The molecule has 3 rings (SSSR count). The molecule has 5 heteroatoms. The molecule has 1 heterocycles. The van der Waals surface area contributed by atoms with E-state index in [-0.39, 0.29) is 11.3 Å². The largest absolute Gasteiger partial charge is 0.493 e.